The molecule has 2 rings (SSSR count). The van der Waals surface area contributed by atoms with Crippen LogP contribution in [0.4, 0.5) is 0 Å². The number of benzene rings is 1. The van der Waals surface area contributed by atoms with Crippen LogP contribution in [0, 0.1) is 6.92 Å². The summed E-state index contributed by atoms with van der Waals surface area (Å²) in [5.74, 6) is 1.16. The molecule has 0 aliphatic heterocycles. The quantitative estimate of drug-likeness (QED) is 0.846. The van der Waals surface area contributed by atoms with Crippen molar-refractivity contribution in [1.29, 1.82) is 0 Å². The van der Waals surface area contributed by atoms with Gasteiger partial charge in [-0.2, -0.15) is 0 Å². The van der Waals surface area contributed by atoms with Gasteiger partial charge in [-0.1, -0.05) is 11.6 Å². The van der Waals surface area contributed by atoms with Crippen molar-refractivity contribution in [1.82, 2.24) is 15.6 Å². The molecule has 0 aliphatic carbocycles. The Kier molecular flexibility index (Phi) is 7.38. The van der Waals surface area contributed by atoms with E-state index in [2.05, 4.69) is 15.6 Å². The average molecular weight is 344 g/mol. The maximum absolute atomic E-state index is 11.5. The molecule has 0 bridgehead atoms. The number of hydrogen-bond donors (Lipinski definition) is 2. The second-order valence-corrected chi connectivity index (χ2v) is 5.10. The molecule has 2 N–H and O–H groups in total. The first kappa shape index (κ1) is 18.5. The van der Waals surface area contributed by atoms with Crippen molar-refractivity contribution in [2.75, 3.05) is 13.6 Å². The zero-order chi connectivity index (χ0) is 15.2. The van der Waals surface area contributed by atoms with E-state index in [0.717, 1.165) is 11.3 Å². The van der Waals surface area contributed by atoms with Crippen LogP contribution in [0.25, 0.3) is 11.3 Å². The first-order valence-corrected chi connectivity index (χ1v) is 7.11. The van der Waals surface area contributed by atoms with E-state index in [4.69, 9.17) is 16.0 Å². The maximum atomic E-state index is 11.5. The van der Waals surface area contributed by atoms with E-state index in [1.807, 2.05) is 26.1 Å². The third kappa shape index (κ3) is 5.02. The van der Waals surface area contributed by atoms with Gasteiger partial charge in [-0.05, 0) is 38.2 Å². The summed E-state index contributed by atoms with van der Waals surface area (Å²) >= 11 is 5.87. The van der Waals surface area contributed by atoms with Crippen LogP contribution in [-0.4, -0.2) is 24.5 Å². The van der Waals surface area contributed by atoms with Gasteiger partial charge in [0, 0.05) is 23.6 Å². The van der Waals surface area contributed by atoms with Gasteiger partial charge >= 0.3 is 0 Å². The van der Waals surface area contributed by atoms with Crippen molar-refractivity contribution in [3.63, 3.8) is 0 Å². The molecule has 0 radical (unpaired) electrons. The molecule has 0 unspecified atom stereocenters. The van der Waals surface area contributed by atoms with Crippen molar-refractivity contribution in [3.8, 4) is 11.3 Å². The fourth-order valence-corrected chi connectivity index (χ4v) is 2.02. The number of rotatable bonds is 6. The molecule has 1 aromatic carbocycles. The van der Waals surface area contributed by atoms with Crippen LogP contribution >= 0.6 is 24.0 Å². The summed E-state index contributed by atoms with van der Waals surface area (Å²) in [5.41, 5.74) is 1.70. The largest absolute Gasteiger partial charge is 0.438 e. The van der Waals surface area contributed by atoms with E-state index in [1.54, 1.807) is 12.1 Å². The van der Waals surface area contributed by atoms with Crippen molar-refractivity contribution in [2.24, 2.45) is 0 Å². The highest BCUT2D eigenvalue weighted by Gasteiger charge is 2.12. The summed E-state index contributed by atoms with van der Waals surface area (Å²) in [4.78, 5) is 15.9. The molecule has 0 spiro atoms. The van der Waals surface area contributed by atoms with Gasteiger partial charge in [0.05, 0.1) is 12.2 Å². The van der Waals surface area contributed by atoms with E-state index in [9.17, 15) is 4.79 Å². The van der Waals surface area contributed by atoms with E-state index in [-0.39, 0.29) is 24.9 Å². The molecule has 1 heterocycles. The van der Waals surface area contributed by atoms with Gasteiger partial charge in [-0.15, -0.1) is 12.4 Å². The fourth-order valence-electron chi connectivity index (χ4n) is 1.90. The first-order valence-electron chi connectivity index (χ1n) is 6.73. The number of aromatic nitrogens is 1. The Bertz CT molecular complexity index is 612. The van der Waals surface area contributed by atoms with Gasteiger partial charge in [0.15, 0.2) is 5.76 Å². The molecule has 0 saturated heterocycles. The van der Waals surface area contributed by atoms with E-state index in [1.165, 1.54) is 0 Å². The topological polar surface area (TPSA) is 67.2 Å². The van der Waals surface area contributed by atoms with Crippen LogP contribution in [0.15, 0.2) is 28.7 Å². The van der Waals surface area contributed by atoms with Gasteiger partial charge in [0.25, 0.3) is 0 Å². The third-order valence-corrected chi connectivity index (χ3v) is 3.24. The van der Waals surface area contributed by atoms with Crippen molar-refractivity contribution >= 4 is 29.9 Å². The monoisotopic (exact) mass is 343 g/mol. The minimum Gasteiger partial charge on any atom is -0.438 e. The highest BCUT2D eigenvalue weighted by atomic mass is 35.5. The van der Waals surface area contributed by atoms with E-state index in [0.29, 0.717) is 29.6 Å². The van der Waals surface area contributed by atoms with E-state index >= 15 is 0 Å². The van der Waals surface area contributed by atoms with Crippen molar-refractivity contribution < 1.29 is 9.21 Å². The minimum atomic E-state index is -0.0340. The first-order chi connectivity index (χ1) is 10.1. The Morgan fingerprint density at radius 3 is 2.64 bits per heavy atom. The number of carbonyl (C=O) groups is 1. The van der Waals surface area contributed by atoms with Gasteiger partial charge in [0.1, 0.15) is 0 Å². The smallest absolute Gasteiger partial charge is 0.221 e. The number of nitrogens with one attached hydrogen (secondary N) is 2. The summed E-state index contributed by atoms with van der Waals surface area (Å²) in [6.45, 7) is 2.81. The predicted molar refractivity (Wildman–Crippen MR) is 89.3 cm³/mol. The molecule has 0 aliphatic rings. The van der Waals surface area contributed by atoms with Crippen LogP contribution in [0.2, 0.25) is 5.02 Å². The Labute approximate surface area is 140 Å². The molecule has 22 heavy (non-hydrogen) atoms. The molecule has 1 aromatic heterocycles. The number of oxazole rings is 1. The average Bonchev–Trinajstić information content (AvgIpc) is 2.85. The lowest BCUT2D eigenvalue weighted by Crippen LogP contribution is -2.26. The third-order valence-electron chi connectivity index (χ3n) is 2.99. The van der Waals surface area contributed by atoms with Crippen LogP contribution in [0.1, 0.15) is 18.0 Å². The molecule has 0 fully saturated rings. The summed E-state index contributed by atoms with van der Waals surface area (Å²) in [6.07, 6.45) is 0.431. The van der Waals surface area contributed by atoms with Crippen LogP contribution in [0.5, 0.6) is 0 Å². The normalized spacial score (nSPS) is 10.1. The van der Waals surface area contributed by atoms with Gasteiger partial charge < -0.3 is 15.1 Å². The number of carbonyl (C=O) groups excluding carboxylic acids is 1. The molecule has 7 heteroatoms. The molecule has 0 atom stereocenters. The predicted octanol–water partition coefficient (Wildman–Crippen LogP) is 2.95. The van der Waals surface area contributed by atoms with Crippen molar-refractivity contribution in [3.05, 3.63) is 40.9 Å². The SMILES string of the molecule is CNCCC(=O)NCc1nc(C)c(-c2ccc(Cl)cc2)o1.Cl. The van der Waals surface area contributed by atoms with Gasteiger partial charge in [-0.3, -0.25) is 4.79 Å². The summed E-state index contributed by atoms with van der Waals surface area (Å²) < 4.78 is 5.71. The number of nitrogens with zero attached hydrogens (tertiary/aromatic N) is 1. The lowest BCUT2D eigenvalue weighted by atomic mass is 10.1. The summed E-state index contributed by atoms with van der Waals surface area (Å²) in [5, 5.41) is 6.38. The van der Waals surface area contributed by atoms with E-state index < -0.39 is 0 Å². The Balaban J connectivity index is 0.00000242. The Morgan fingerprint density at radius 2 is 2.00 bits per heavy atom. The number of halogens is 2. The van der Waals surface area contributed by atoms with Crippen LogP contribution < -0.4 is 10.6 Å². The highest BCUT2D eigenvalue weighted by Crippen LogP contribution is 2.25. The highest BCUT2D eigenvalue weighted by molar-refractivity contribution is 6.30. The van der Waals surface area contributed by atoms with Gasteiger partial charge in [-0.25, -0.2) is 4.98 Å². The van der Waals surface area contributed by atoms with Crippen LogP contribution in [0.3, 0.4) is 0 Å². The molecular weight excluding hydrogens is 325 g/mol. The second-order valence-electron chi connectivity index (χ2n) is 4.66. The molecule has 0 saturated carbocycles. The molecule has 120 valence electrons. The zero-order valence-electron chi connectivity index (χ0n) is 12.5. The maximum Gasteiger partial charge on any atom is 0.221 e. The lowest BCUT2D eigenvalue weighted by molar-refractivity contribution is -0.121. The van der Waals surface area contributed by atoms with Crippen LogP contribution in [-0.2, 0) is 11.3 Å². The lowest BCUT2D eigenvalue weighted by Gasteiger charge is -2.02. The zero-order valence-corrected chi connectivity index (χ0v) is 14.1. The summed E-state index contributed by atoms with van der Waals surface area (Å²) in [6, 6.07) is 7.37. The molecule has 1 amide bonds. The number of hydrogen-bond acceptors (Lipinski definition) is 4. The Hall–Kier alpha value is -1.56. The standard InChI is InChI=1S/C15H18ClN3O2.ClH/c1-10-15(11-3-5-12(16)6-4-11)21-14(19-10)9-18-13(20)7-8-17-2;/h3-6,17H,7-9H2,1-2H3,(H,18,20);1H. The molecule has 5 nitrogen and oxygen atoms in total. The summed E-state index contributed by atoms with van der Waals surface area (Å²) in [7, 11) is 1.81. The van der Waals surface area contributed by atoms with Crippen molar-refractivity contribution in [2.45, 2.75) is 19.9 Å². The molecular formula is C15H19Cl2N3O2. The minimum absolute atomic E-state index is 0. The molecule has 2 aromatic rings. The number of aryl methyl sites for hydroxylation is 1. The number of amides is 1. The fraction of sp³-hybridized carbons (Fsp3) is 0.333. The van der Waals surface area contributed by atoms with Gasteiger partial charge in [0.2, 0.25) is 11.8 Å². The second kappa shape index (κ2) is 8.78. The Morgan fingerprint density at radius 1 is 1.32 bits per heavy atom.